The van der Waals surface area contributed by atoms with Crippen LogP contribution in [0.25, 0.3) is 6.08 Å². The van der Waals surface area contributed by atoms with E-state index in [4.69, 9.17) is 33.5 Å². The lowest BCUT2D eigenvalue weighted by Crippen LogP contribution is -2.51. The first kappa shape index (κ1) is 28.6. The minimum absolute atomic E-state index is 0.0470. The molecule has 0 bridgehead atoms. The first-order chi connectivity index (χ1) is 16.5. The lowest BCUT2D eigenvalue weighted by Gasteiger charge is -2.34. The molecule has 2 aliphatic rings. The highest BCUT2D eigenvalue weighted by Gasteiger charge is 2.24. The smallest absolute Gasteiger partial charge is 0.466 e. The van der Waals surface area contributed by atoms with Gasteiger partial charge in [0.25, 0.3) is 0 Å². The third-order valence-electron chi connectivity index (χ3n) is 5.61. The van der Waals surface area contributed by atoms with Gasteiger partial charge in [0.15, 0.2) is 11.5 Å². The summed E-state index contributed by atoms with van der Waals surface area (Å²) in [5.74, 6) is 1.76. The molecule has 2 fully saturated rings. The monoisotopic (exact) mass is 515 g/mol. The summed E-state index contributed by atoms with van der Waals surface area (Å²) in [6.07, 6.45) is 5.51. The van der Waals surface area contributed by atoms with Crippen molar-refractivity contribution in [1.29, 1.82) is 0 Å². The van der Waals surface area contributed by atoms with Gasteiger partial charge in [-0.3, -0.25) is 14.5 Å². The lowest BCUT2D eigenvalue weighted by atomic mass is 10.1. The Balaban J connectivity index is 0.000000784. The summed E-state index contributed by atoms with van der Waals surface area (Å²) >= 11 is 0. The van der Waals surface area contributed by atoms with E-state index in [1.807, 2.05) is 9.80 Å². The summed E-state index contributed by atoms with van der Waals surface area (Å²) in [6, 6.07) is 3.60. The minimum atomic E-state index is -4.64. The Labute approximate surface area is 204 Å². The molecule has 3 rings (SSSR count). The molecule has 13 heteroatoms. The summed E-state index contributed by atoms with van der Waals surface area (Å²) in [4.78, 5) is 52.3. The molecule has 1 aromatic carbocycles. The fourth-order valence-electron chi connectivity index (χ4n) is 3.85. The first-order valence-corrected chi connectivity index (χ1v) is 12.7. The quantitative estimate of drug-likeness (QED) is 0.347. The maximum atomic E-state index is 12.6. The number of carbonyl (C=O) groups excluding carboxylic acids is 2. The number of hydrogen-bond donors (Lipinski definition) is 3. The fraction of sp³-hybridized carbons (Fsp3) is 0.545. The molecule has 2 heterocycles. The van der Waals surface area contributed by atoms with Crippen molar-refractivity contribution in [3.63, 3.8) is 0 Å². The van der Waals surface area contributed by atoms with Crippen LogP contribution < -0.4 is 14.2 Å². The number of methoxy groups -OCH3 is 3. The topological polar surface area (TPSA) is 149 Å². The molecule has 1 aromatic rings. The lowest BCUT2D eigenvalue weighted by molar-refractivity contribution is -0.132. The van der Waals surface area contributed by atoms with Crippen LogP contribution in [0.4, 0.5) is 0 Å². The maximum Gasteiger partial charge on any atom is 0.466 e. The summed E-state index contributed by atoms with van der Waals surface area (Å²) in [7, 11) is 0.0333. The average Bonchev–Trinajstić information content (AvgIpc) is 3.36. The van der Waals surface area contributed by atoms with Crippen molar-refractivity contribution in [2.45, 2.75) is 12.8 Å². The number of likely N-dealkylation sites (tertiary alicyclic amines) is 1. The Morgan fingerprint density at radius 2 is 1.40 bits per heavy atom. The van der Waals surface area contributed by atoms with Crippen molar-refractivity contribution in [2.24, 2.45) is 0 Å². The summed E-state index contributed by atoms with van der Waals surface area (Å²) in [5.41, 5.74) is 0.785. The first-order valence-electron chi connectivity index (χ1n) is 11.1. The van der Waals surface area contributed by atoms with E-state index in [1.165, 1.54) is 0 Å². The highest BCUT2D eigenvalue weighted by Crippen LogP contribution is 2.38. The van der Waals surface area contributed by atoms with Gasteiger partial charge in [-0.2, -0.15) is 0 Å². The number of nitrogens with zero attached hydrogens (tertiary/aromatic N) is 3. The SMILES string of the molecule is COc1cc(/C=C/C(=O)N2CCN(CC(=O)N3CCCC3)CC2)cc(OC)c1OC.O=P(O)(O)O. The summed E-state index contributed by atoms with van der Waals surface area (Å²) in [6.45, 7) is 4.86. The van der Waals surface area contributed by atoms with Gasteiger partial charge in [0.1, 0.15) is 0 Å². The molecule has 0 atom stereocenters. The Morgan fingerprint density at radius 3 is 1.86 bits per heavy atom. The predicted molar refractivity (Wildman–Crippen MR) is 128 cm³/mol. The van der Waals surface area contributed by atoms with Gasteiger partial charge >= 0.3 is 7.82 Å². The van der Waals surface area contributed by atoms with Crippen molar-refractivity contribution in [3.8, 4) is 17.2 Å². The van der Waals surface area contributed by atoms with Crippen LogP contribution in [0.2, 0.25) is 0 Å². The van der Waals surface area contributed by atoms with Gasteiger partial charge in [-0.05, 0) is 36.6 Å². The number of amides is 2. The number of carbonyl (C=O) groups is 2. The Hall–Kier alpha value is -2.63. The van der Waals surface area contributed by atoms with Gasteiger partial charge in [0, 0.05) is 45.3 Å². The molecule has 35 heavy (non-hydrogen) atoms. The molecule has 3 N–H and O–H groups in total. The number of ether oxygens (including phenoxy) is 3. The molecule has 0 saturated carbocycles. The van der Waals surface area contributed by atoms with E-state index in [0.29, 0.717) is 50.0 Å². The van der Waals surface area contributed by atoms with Crippen LogP contribution in [-0.4, -0.2) is 108 Å². The molecular weight excluding hydrogens is 481 g/mol. The summed E-state index contributed by atoms with van der Waals surface area (Å²) in [5, 5.41) is 0. The van der Waals surface area contributed by atoms with Crippen molar-refractivity contribution < 1.29 is 43.0 Å². The van der Waals surface area contributed by atoms with E-state index in [9.17, 15) is 9.59 Å². The van der Waals surface area contributed by atoms with Crippen molar-refractivity contribution in [3.05, 3.63) is 23.8 Å². The molecular formula is C22H34N3O9P. The number of benzene rings is 1. The molecule has 2 amide bonds. The fourth-order valence-corrected chi connectivity index (χ4v) is 3.85. The molecule has 0 unspecified atom stereocenters. The zero-order valence-corrected chi connectivity index (χ0v) is 21.1. The second kappa shape index (κ2) is 13.5. The van der Waals surface area contributed by atoms with E-state index in [2.05, 4.69) is 4.90 Å². The van der Waals surface area contributed by atoms with E-state index < -0.39 is 7.82 Å². The zero-order chi connectivity index (χ0) is 26.0. The van der Waals surface area contributed by atoms with Gasteiger partial charge in [0.2, 0.25) is 17.6 Å². The predicted octanol–water partition coefficient (Wildman–Crippen LogP) is 0.564. The molecule has 12 nitrogen and oxygen atoms in total. The molecule has 2 aliphatic heterocycles. The molecule has 196 valence electrons. The average molecular weight is 516 g/mol. The summed E-state index contributed by atoms with van der Waals surface area (Å²) < 4.78 is 24.9. The number of rotatable bonds is 7. The standard InChI is InChI=1S/C22H31N3O5.H3O4P/c1-28-18-14-17(15-19(29-2)22(18)30-3)6-7-20(26)25-12-10-23(11-13-25)16-21(27)24-8-4-5-9-24;1-5(2,3)4/h6-7,14-15H,4-5,8-13,16H2,1-3H3;(H3,1,2,3,4)/b7-6+;. The van der Waals surface area contributed by atoms with Crippen LogP contribution in [-0.2, 0) is 14.2 Å². The Kier molecular flexibility index (Phi) is 11.0. The van der Waals surface area contributed by atoms with E-state index in [0.717, 1.165) is 31.5 Å². The van der Waals surface area contributed by atoms with Crippen LogP contribution in [0.3, 0.4) is 0 Å². The van der Waals surface area contributed by atoms with Crippen LogP contribution in [0.1, 0.15) is 18.4 Å². The van der Waals surface area contributed by atoms with Crippen LogP contribution in [0.5, 0.6) is 17.2 Å². The molecule has 0 spiro atoms. The van der Waals surface area contributed by atoms with Crippen molar-refractivity contribution in [1.82, 2.24) is 14.7 Å². The van der Waals surface area contributed by atoms with Gasteiger partial charge < -0.3 is 38.7 Å². The zero-order valence-electron chi connectivity index (χ0n) is 20.3. The second-order valence-electron chi connectivity index (χ2n) is 7.99. The normalized spacial score (nSPS) is 16.6. The van der Waals surface area contributed by atoms with E-state index in [1.54, 1.807) is 45.6 Å². The molecule has 2 saturated heterocycles. The van der Waals surface area contributed by atoms with Gasteiger partial charge in [-0.15, -0.1) is 0 Å². The van der Waals surface area contributed by atoms with Crippen LogP contribution in [0.15, 0.2) is 18.2 Å². The number of piperazine rings is 1. The second-order valence-corrected chi connectivity index (χ2v) is 9.02. The number of phosphoric acid groups is 1. The highest BCUT2D eigenvalue weighted by atomic mass is 31.2. The van der Waals surface area contributed by atoms with Crippen molar-refractivity contribution in [2.75, 3.05) is 67.1 Å². The van der Waals surface area contributed by atoms with Gasteiger partial charge in [-0.1, -0.05) is 0 Å². The number of hydrogen-bond acceptors (Lipinski definition) is 7. The minimum Gasteiger partial charge on any atom is -0.493 e. The van der Waals surface area contributed by atoms with Crippen LogP contribution in [0, 0.1) is 0 Å². The van der Waals surface area contributed by atoms with Crippen molar-refractivity contribution >= 4 is 25.7 Å². The van der Waals surface area contributed by atoms with E-state index >= 15 is 0 Å². The largest absolute Gasteiger partial charge is 0.493 e. The highest BCUT2D eigenvalue weighted by molar-refractivity contribution is 7.45. The van der Waals surface area contributed by atoms with Gasteiger partial charge in [-0.25, -0.2) is 4.57 Å². The molecule has 0 aromatic heterocycles. The third-order valence-corrected chi connectivity index (χ3v) is 5.61. The Morgan fingerprint density at radius 1 is 0.886 bits per heavy atom. The maximum absolute atomic E-state index is 12.6. The van der Waals surface area contributed by atoms with Gasteiger partial charge in [0.05, 0.1) is 27.9 Å². The van der Waals surface area contributed by atoms with Crippen LogP contribution >= 0.6 is 7.82 Å². The molecule has 0 radical (unpaired) electrons. The third kappa shape index (κ3) is 9.50. The Bertz CT molecular complexity index is 903. The molecule has 0 aliphatic carbocycles. The van der Waals surface area contributed by atoms with E-state index in [-0.39, 0.29) is 11.8 Å².